The van der Waals surface area contributed by atoms with Gasteiger partial charge in [0.15, 0.2) is 5.82 Å². The molecule has 5 rings (SSSR count). The second-order valence-electron chi connectivity index (χ2n) is 7.48. The topological polar surface area (TPSA) is 67.1 Å². The van der Waals surface area contributed by atoms with Crippen molar-refractivity contribution in [3.8, 4) is 0 Å². The summed E-state index contributed by atoms with van der Waals surface area (Å²) in [5.41, 5.74) is 8.65. The van der Waals surface area contributed by atoms with Crippen molar-refractivity contribution >= 4 is 33.3 Å². The van der Waals surface area contributed by atoms with Crippen LogP contribution in [-0.4, -0.2) is 35.1 Å². The average Bonchev–Trinajstić information content (AvgIpc) is 3.06. The van der Waals surface area contributed by atoms with Gasteiger partial charge in [-0.15, -0.1) is 11.3 Å². The van der Waals surface area contributed by atoms with Crippen LogP contribution in [0.5, 0.6) is 0 Å². The summed E-state index contributed by atoms with van der Waals surface area (Å²) in [5.74, 6) is 2.25. The molecule has 2 aliphatic heterocycles. The molecule has 3 atom stereocenters. The summed E-state index contributed by atoms with van der Waals surface area (Å²) in [6.45, 7) is 4.42. The summed E-state index contributed by atoms with van der Waals surface area (Å²) in [6, 6.07) is 1.21. The smallest absolute Gasteiger partial charge is 0.222 e. The van der Waals surface area contributed by atoms with Gasteiger partial charge < -0.3 is 16.0 Å². The van der Waals surface area contributed by atoms with E-state index in [9.17, 15) is 0 Å². The number of hydrogen-bond acceptors (Lipinski definition) is 6. The highest BCUT2D eigenvalue weighted by atomic mass is 32.1. The number of anilines is 2. The minimum atomic E-state index is 0.428. The number of nitrogens with zero attached hydrogens (tertiary/aromatic N) is 3. The van der Waals surface area contributed by atoms with E-state index in [0.717, 1.165) is 36.8 Å². The molecule has 3 aliphatic rings. The maximum atomic E-state index is 6.08. The van der Waals surface area contributed by atoms with Crippen LogP contribution >= 0.6 is 11.3 Å². The van der Waals surface area contributed by atoms with Crippen molar-refractivity contribution < 1.29 is 0 Å². The lowest BCUT2D eigenvalue weighted by molar-refractivity contribution is 0.464. The number of rotatable bonds is 1. The van der Waals surface area contributed by atoms with Crippen molar-refractivity contribution in [3.63, 3.8) is 0 Å². The quantitative estimate of drug-likeness (QED) is 0.840. The van der Waals surface area contributed by atoms with E-state index in [1.165, 1.54) is 40.8 Å². The molecule has 2 fully saturated rings. The predicted molar refractivity (Wildman–Crippen MR) is 95.2 cm³/mol. The zero-order chi connectivity index (χ0) is 15.6. The van der Waals surface area contributed by atoms with Crippen LogP contribution in [0.15, 0.2) is 0 Å². The van der Waals surface area contributed by atoms with E-state index in [2.05, 4.69) is 27.1 Å². The zero-order valence-corrected chi connectivity index (χ0v) is 14.3. The molecule has 2 aromatic rings. The Hall–Kier alpha value is -1.40. The Morgan fingerprint density at radius 3 is 2.74 bits per heavy atom. The summed E-state index contributed by atoms with van der Waals surface area (Å²) < 4.78 is 1.26. The fraction of sp³-hybridized carbons (Fsp3) is 0.647. The lowest BCUT2D eigenvalue weighted by atomic mass is 9.89. The molecule has 2 bridgehead atoms. The maximum absolute atomic E-state index is 6.08. The van der Waals surface area contributed by atoms with Gasteiger partial charge in [-0.2, -0.15) is 4.98 Å². The van der Waals surface area contributed by atoms with Gasteiger partial charge in [-0.1, -0.05) is 6.92 Å². The number of aromatic nitrogens is 2. The lowest BCUT2D eigenvalue weighted by Crippen LogP contribution is -2.51. The fourth-order valence-corrected chi connectivity index (χ4v) is 5.80. The van der Waals surface area contributed by atoms with E-state index in [4.69, 9.17) is 5.73 Å². The molecular formula is C17H23N5S. The molecule has 4 heterocycles. The summed E-state index contributed by atoms with van der Waals surface area (Å²) in [7, 11) is 0. The van der Waals surface area contributed by atoms with Gasteiger partial charge in [0.2, 0.25) is 5.95 Å². The summed E-state index contributed by atoms with van der Waals surface area (Å²) in [5, 5.41) is 3.69. The van der Waals surface area contributed by atoms with Crippen molar-refractivity contribution in [2.75, 3.05) is 23.7 Å². The minimum absolute atomic E-state index is 0.428. The number of fused-ring (bicyclic) bond motifs is 5. The third kappa shape index (κ3) is 2.22. The van der Waals surface area contributed by atoms with Crippen molar-refractivity contribution in [1.82, 2.24) is 15.3 Å². The van der Waals surface area contributed by atoms with Crippen LogP contribution in [-0.2, 0) is 12.8 Å². The highest BCUT2D eigenvalue weighted by Crippen LogP contribution is 2.41. The third-order valence-electron chi connectivity index (χ3n) is 5.65. The van der Waals surface area contributed by atoms with Gasteiger partial charge in [0, 0.05) is 30.1 Å². The first-order valence-corrected chi connectivity index (χ1v) is 9.58. The number of thiophene rings is 1. The van der Waals surface area contributed by atoms with Gasteiger partial charge >= 0.3 is 0 Å². The molecule has 3 N–H and O–H groups in total. The first-order chi connectivity index (χ1) is 11.2. The molecule has 0 amide bonds. The Kier molecular flexibility index (Phi) is 3.07. The molecule has 2 aromatic heterocycles. The van der Waals surface area contributed by atoms with Gasteiger partial charge in [0.25, 0.3) is 0 Å². The molecule has 1 aliphatic carbocycles. The molecular weight excluding hydrogens is 306 g/mol. The van der Waals surface area contributed by atoms with Crippen LogP contribution in [0.2, 0.25) is 0 Å². The molecule has 122 valence electrons. The maximum Gasteiger partial charge on any atom is 0.222 e. The summed E-state index contributed by atoms with van der Waals surface area (Å²) >= 11 is 1.91. The van der Waals surface area contributed by atoms with Gasteiger partial charge in [-0.05, 0) is 43.6 Å². The Morgan fingerprint density at radius 2 is 1.96 bits per heavy atom. The Morgan fingerprint density at radius 1 is 1.17 bits per heavy atom. The van der Waals surface area contributed by atoms with Crippen molar-refractivity contribution in [3.05, 3.63) is 10.4 Å². The van der Waals surface area contributed by atoms with Crippen molar-refractivity contribution in [2.24, 2.45) is 5.92 Å². The van der Waals surface area contributed by atoms with Crippen molar-refractivity contribution in [2.45, 2.75) is 51.1 Å². The van der Waals surface area contributed by atoms with Crippen LogP contribution < -0.4 is 16.0 Å². The zero-order valence-electron chi connectivity index (χ0n) is 13.5. The standard InChI is InChI=1S/C17H23N5S/c1-9-2-5-13-12(6-9)14-15(23-13)16(21-17(18)20-14)22-7-10-3-4-11(8-22)19-10/h9-11,19H,2-8H2,1H3,(H2,18,20,21). The van der Waals surface area contributed by atoms with Gasteiger partial charge in [0.1, 0.15) is 0 Å². The third-order valence-corrected chi connectivity index (χ3v) is 6.92. The molecule has 5 nitrogen and oxygen atoms in total. The molecule has 23 heavy (non-hydrogen) atoms. The predicted octanol–water partition coefficient (Wildman–Crippen LogP) is 2.34. The Bertz CT molecular complexity index is 758. The first-order valence-electron chi connectivity index (χ1n) is 8.76. The molecule has 0 aromatic carbocycles. The number of nitrogens with one attached hydrogen (secondary N) is 1. The highest BCUT2D eigenvalue weighted by molar-refractivity contribution is 7.19. The number of piperazine rings is 1. The van der Waals surface area contributed by atoms with E-state index in [0.29, 0.717) is 18.0 Å². The lowest BCUT2D eigenvalue weighted by Gasteiger charge is -2.33. The summed E-state index contributed by atoms with van der Waals surface area (Å²) in [6.07, 6.45) is 6.17. The number of hydrogen-bond donors (Lipinski definition) is 2. The molecule has 0 saturated carbocycles. The number of nitrogen functional groups attached to an aromatic ring is 1. The normalized spacial score (nSPS) is 30.0. The minimum Gasteiger partial charge on any atom is -0.368 e. The fourth-order valence-electron chi connectivity index (χ4n) is 4.50. The van der Waals surface area contributed by atoms with E-state index in [-0.39, 0.29) is 0 Å². The Labute approximate surface area is 140 Å². The largest absolute Gasteiger partial charge is 0.368 e. The monoisotopic (exact) mass is 329 g/mol. The second-order valence-corrected chi connectivity index (χ2v) is 8.58. The Balaban J connectivity index is 1.64. The molecule has 0 radical (unpaired) electrons. The van der Waals surface area contributed by atoms with Gasteiger partial charge in [-0.3, -0.25) is 0 Å². The number of aryl methyl sites for hydroxylation is 1. The van der Waals surface area contributed by atoms with Crippen LogP contribution in [0.3, 0.4) is 0 Å². The van der Waals surface area contributed by atoms with Crippen molar-refractivity contribution in [1.29, 1.82) is 0 Å². The van der Waals surface area contributed by atoms with E-state index >= 15 is 0 Å². The SMILES string of the molecule is CC1CCc2sc3c(N4CC5CCC(C4)N5)nc(N)nc3c2C1. The van der Waals surface area contributed by atoms with Gasteiger partial charge in [-0.25, -0.2) is 4.98 Å². The highest BCUT2D eigenvalue weighted by Gasteiger charge is 2.34. The second kappa shape index (κ2) is 5.05. The average molecular weight is 329 g/mol. The van der Waals surface area contributed by atoms with Gasteiger partial charge in [0.05, 0.1) is 10.2 Å². The number of nitrogens with two attached hydrogens (primary N) is 1. The molecule has 2 saturated heterocycles. The van der Waals surface area contributed by atoms with E-state index in [1.807, 2.05) is 11.3 Å². The van der Waals surface area contributed by atoms with Crippen LogP contribution in [0.1, 0.15) is 36.6 Å². The first kappa shape index (κ1) is 14.0. The van der Waals surface area contributed by atoms with Crippen LogP contribution in [0.25, 0.3) is 10.2 Å². The molecule has 0 spiro atoms. The van der Waals surface area contributed by atoms with E-state index < -0.39 is 0 Å². The molecule has 3 unspecified atom stereocenters. The van der Waals surface area contributed by atoms with E-state index in [1.54, 1.807) is 0 Å². The summed E-state index contributed by atoms with van der Waals surface area (Å²) in [4.78, 5) is 13.2. The van der Waals surface area contributed by atoms with Crippen LogP contribution in [0.4, 0.5) is 11.8 Å². The van der Waals surface area contributed by atoms with Crippen LogP contribution in [0, 0.1) is 5.92 Å². The molecule has 6 heteroatoms.